The molecule has 11 heteroatoms. The predicted molar refractivity (Wildman–Crippen MR) is 137 cm³/mol. The van der Waals surface area contributed by atoms with Crippen LogP contribution < -0.4 is 5.56 Å². The Kier molecular flexibility index (Phi) is 6.14. The highest BCUT2D eigenvalue weighted by molar-refractivity contribution is 7.18. The molecule has 37 heavy (non-hydrogen) atoms. The number of nitrogens with zero attached hydrogens (tertiary/aromatic N) is 5. The van der Waals surface area contributed by atoms with Gasteiger partial charge in [0.1, 0.15) is 17.5 Å². The van der Waals surface area contributed by atoms with Gasteiger partial charge in [-0.3, -0.25) is 14.3 Å². The normalized spacial score (nSPS) is 10.8. The lowest BCUT2D eigenvalue weighted by molar-refractivity contribution is 0.0699. The first-order valence-electron chi connectivity index (χ1n) is 10.6. The van der Waals surface area contributed by atoms with E-state index in [9.17, 15) is 24.3 Å². The van der Waals surface area contributed by atoms with E-state index in [1.165, 1.54) is 27.5 Å². The molecule has 4 heterocycles. The fraction of sp³-hybridized carbons (Fsp3) is 0.0769. The van der Waals surface area contributed by atoms with Crippen molar-refractivity contribution in [2.75, 3.05) is 0 Å². The number of carboxylic acid groups (broad SMARTS) is 1. The first kappa shape index (κ1) is 24.1. The van der Waals surface area contributed by atoms with Crippen LogP contribution in [-0.2, 0) is 6.54 Å². The summed E-state index contributed by atoms with van der Waals surface area (Å²) in [6.45, 7) is 1.54. The van der Waals surface area contributed by atoms with Gasteiger partial charge in [0.15, 0.2) is 0 Å². The molecule has 0 spiro atoms. The molecule has 8 nitrogen and oxygen atoms in total. The van der Waals surface area contributed by atoms with Crippen LogP contribution >= 0.6 is 22.9 Å². The van der Waals surface area contributed by atoms with Gasteiger partial charge in [0.2, 0.25) is 5.95 Å². The highest BCUT2D eigenvalue weighted by Gasteiger charge is 2.18. The number of hydrogen-bond donors (Lipinski definition) is 1. The van der Waals surface area contributed by atoms with Gasteiger partial charge in [-0.25, -0.2) is 14.8 Å². The van der Waals surface area contributed by atoms with E-state index < -0.39 is 23.0 Å². The van der Waals surface area contributed by atoms with Gasteiger partial charge in [-0.2, -0.15) is 9.65 Å². The van der Waals surface area contributed by atoms with Crippen molar-refractivity contribution in [1.29, 1.82) is 5.26 Å². The zero-order chi connectivity index (χ0) is 26.3. The number of halogens is 2. The van der Waals surface area contributed by atoms with Crippen molar-refractivity contribution in [3.63, 3.8) is 0 Å². The Morgan fingerprint density at radius 1 is 1.27 bits per heavy atom. The second kappa shape index (κ2) is 9.43. The minimum absolute atomic E-state index is 0.0710. The van der Waals surface area contributed by atoms with Crippen LogP contribution in [0.4, 0.5) is 4.39 Å². The Hall–Kier alpha value is -4.64. The summed E-state index contributed by atoms with van der Waals surface area (Å²) >= 11 is 7.53. The van der Waals surface area contributed by atoms with E-state index in [1.54, 1.807) is 37.3 Å². The molecular weight excluding hydrogens is 517 g/mol. The molecule has 0 unspecified atom stereocenters. The maximum Gasteiger partial charge on any atom is 0.338 e. The van der Waals surface area contributed by atoms with E-state index >= 15 is 0 Å². The SMILES string of the molecule is Cc1nc2cnc(F)c(C#N)c2c(=O)n1CC#Cc1ccc(Cl)cc1-c1ccnc2c(C(=O)O)csc12. The number of pyridine rings is 2. The van der Waals surface area contributed by atoms with E-state index in [1.807, 2.05) is 0 Å². The fourth-order valence-electron chi connectivity index (χ4n) is 3.94. The summed E-state index contributed by atoms with van der Waals surface area (Å²) in [5.74, 6) is 4.22. The molecule has 1 N–H and O–H groups in total. The van der Waals surface area contributed by atoms with E-state index in [0.717, 1.165) is 11.8 Å². The van der Waals surface area contributed by atoms with E-state index in [0.29, 0.717) is 32.2 Å². The Bertz CT molecular complexity index is 1930. The van der Waals surface area contributed by atoms with Crippen molar-refractivity contribution in [3.8, 4) is 29.0 Å². The average Bonchev–Trinajstić information content (AvgIpc) is 3.32. The summed E-state index contributed by atoms with van der Waals surface area (Å²) in [6, 6.07) is 8.57. The molecule has 180 valence electrons. The Balaban J connectivity index is 1.60. The van der Waals surface area contributed by atoms with Crippen LogP contribution in [-0.4, -0.2) is 30.6 Å². The molecule has 0 amide bonds. The van der Waals surface area contributed by atoms with Crippen molar-refractivity contribution in [1.82, 2.24) is 19.5 Å². The van der Waals surface area contributed by atoms with E-state index in [4.69, 9.17) is 11.6 Å². The van der Waals surface area contributed by atoms with Crippen LogP contribution in [0.3, 0.4) is 0 Å². The number of rotatable bonds is 3. The molecule has 5 aromatic rings. The van der Waals surface area contributed by atoms with E-state index in [-0.39, 0.29) is 23.0 Å². The molecule has 0 atom stereocenters. The average molecular weight is 530 g/mol. The van der Waals surface area contributed by atoms with Gasteiger partial charge in [-0.1, -0.05) is 23.4 Å². The number of nitriles is 1. The zero-order valence-electron chi connectivity index (χ0n) is 18.9. The van der Waals surface area contributed by atoms with Gasteiger partial charge >= 0.3 is 5.97 Å². The van der Waals surface area contributed by atoms with Gasteiger partial charge in [-0.15, -0.1) is 11.3 Å². The molecule has 4 aromatic heterocycles. The second-order valence-corrected chi connectivity index (χ2v) is 9.14. The molecule has 0 saturated carbocycles. The summed E-state index contributed by atoms with van der Waals surface area (Å²) in [5, 5.41) is 20.6. The van der Waals surface area contributed by atoms with Crippen LogP contribution in [0.5, 0.6) is 0 Å². The third-order valence-electron chi connectivity index (χ3n) is 5.67. The molecule has 0 aliphatic heterocycles. The molecule has 0 aliphatic carbocycles. The molecule has 0 radical (unpaired) electrons. The predicted octanol–water partition coefficient (Wildman–Crippen LogP) is 4.79. The number of carbonyl (C=O) groups is 1. The van der Waals surface area contributed by atoms with Gasteiger partial charge in [-0.05, 0) is 31.2 Å². The van der Waals surface area contributed by atoms with Gasteiger partial charge in [0.05, 0.1) is 39.4 Å². The molecule has 0 bridgehead atoms. The summed E-state index contributed by atoms with van der Waals surface area (Å²) in [6.07, 6.45) is 2.64. The molecule has 0 aliphatic rings. The van der Waals surface area contributed by atoms with Crippen molar-refractivity contribution < 1.29 is 14.3 Å². The highest BCUT2D eigenvalue weighted by atomic mass is 35.5. The fourth-order valence-corrected chi connectivity index (χ4v) is 5.14. The number of aryl methyl sites for hydroxylation is 1. The van der Waals surface area contributed by atoms with Crippen LogP contribution in [0.2, 0.25) is 5.02 Å². The summed E-state index contributed by atoms with van der Waals surface area (Å²) in [5.41, 5.74) is 1.53. The van der Waals surface area contributed by atoms with Crippen LogP contribution in [0.15, 0.2) is 46.8 Å². The van der Waals surface area contributed by atoms with Crippen molar-refractivity contribution in [3.05, 3.63) is 85.9 Å². The first-order chi connectivity index (χ1) is 17.8. The van der Waals surface area contributed by atoms with Crippen molar-refractivity contribution >= 4 is 50.0 Å². The Morgan fingerprint density at radius 2 is 2.08 bits per heavy atom. The lowest BCUT2D eigenvalue weighted by Gasteiger charge is -2.09. The molecular formula is C26H13ClFN5O3S. The highest BCUT2D eigenvalue weighted by Crippen LogP contribution is 2.36. The number of aromatic nitrogens is 4. The lowest BCUT2D eigenvalue weighted by Crippen LogP contribution is -2.24. The maximum absolute atomic E-state index is 14.0. The van der Waals surface area contributed by atoms with Crippen molar-refractivity contribution in [2.45, 2.75) is 13.5 Å². The quantitative estimate of drug-likeness (QED) is 0.263. The van der Waals surface area contributed by atoms with Crippen LogP contribution in [0.25, 0.3) is 32.2 Å². The Morgan fingerprint density at radius 3 is 2.84 bits per heavy atom. The monoisotopic (exact) mass is 529 g/mol. The minimum Gasteiger partial charge on any atom is -0.478 e. The number of hydrogen-bond acceptors (Lipinski definition) is 7. The summed E-state index contributed by atoms with van der Waals surface area (Å²) < 4.78 is 16.0. The third kappa shape index (κ3) is 4.19. The first-order valence-corrected chi connectivity index (χ1v) is 11.9. The molecule has 0 saturated heterocycles. The van der Waals surface area contributed by atoms with Crippen LogP contribution in [0.1, 0.15) is 27.3 Å². The number of aromatic carboxylic acids is 1. The standard InChI is InChI=1S/C26H13ClFN5O3S/c1-13-32-20-11-31-24(28)18(10-29)21(20)25(34)33(13)8-2-3-14-4-5-15(27)9-17(14)16-6-7-30-22-19(26(35)36)12-37-23(16)22/h4-7,9,11-12H,8H2,1H3,(H,35,36). The zero-order valence-corrected chi connectivity index (χ0v) is 20.5. The largest absolute Gasteiger partial charge is 0.478 e. The van der Waals surface area contributed by atoms with Gasteiger partial charge in [0, 0.05) is 33.3 Å². The maximum atomic E-state index is 14.0. The van der Waals surface area contributed by atoms with Gasteiger partial charge in [0.25, 0.3) is 5.56 Å². The topological polar surface area (TPSA) is 122 Å². The summed E-state index contributed by atoms with van der Waals surface area (Å²) in [4.78, 5) is 36.7. The second-order valence-electron chi connectivity index (χ2n) is 7.83. The molecule has 1 aromatic carbocycles. The Labute approximate surface area is 217 Å². The summed E-state index contributed by atoms with van der Waals surface area (Å²) in [7, 11) is 0. The van der Waals surface area contributed by atoms with Gasteiger partial charge < -0.3 is 5.11 Å². The smallest absolute Gasteiger partial charge is 0.338 e. The lowest BCUT2D eigenvalue weighted by atomic mass is 10.00. The number of benzene rings is 1. The molecule has 5 rings (SSSR count). The minimum atomic E-state index is -1.07. The van der Waals surface area contributed by atoms with Crippen LogP contribution in [0, 0.1) is 36.0 Å². The van der Waals surface area contributed by atoms with Crippen molar-refractivity contribution in [2.24, 2.45) is 0 Å². The van der Waals surface area contributed by atoms with E-state index in [2.05, 4.69) is 26.8 Å². The number of thiophene rings is 1. The third-order valence-corrected chi connectivity index (χ3v) is 6.91. The molecule has 0 fully saturated rings. The number of carboxylic acids is 1. The number of fused-ring (bicyclic) bond motifs is 2.